The molecule has 1 heterocycles. The normalized spacial score (nSPS) is 10.9. The van der Waals surface area contributed by atoms with Gasteiger partial charge in [0.25, 0.3) is 0 Å². The fourth-order valence-electron chi connectivity index (χ4n) is 1.25. The van der Waals surface area contributed by atoms with E-state index in [1.165, 1.54) is 11.3 Å². The Labute approximate surface area is 106 Å². The van der Waals surface area contributed by atoms with Crippen molar-refractivity contribution in [2.24, 2.45) is 5.73 Å². The van der Waals surface area contributed by atoms with Crippen LogP contribution in [0, 0.1) is 11.8 Å². The van der Waals surface area contributed by atoms with Gasteiger partial charge < -0.3 is 5.73 Å². The van der Waals surface area contributed by atoms with Crippen LogP contribution in [0.3, 0.4) is 0 Å². The second-order valence-corrected chi connectivity index (χ2v) is 6.33. The minimum Gasteiger partial charge on any atom is -0.320 e. The Bertz CT molecular complexity index is 509. The molecule has 17 heavy (non-hydrogen) atoms. The minimum absolute atomic E-state index is 0.155. The molecule has 0 saturated heterocycles. The van der Waals surface area contributed by atoms with E-state index in [2.05, 4.69) is 16.6 Å². The fourth-order valence-corrected chi connectivity index (χ4v) is 3.16. The Morgan fingerprint density at radius 2 is 2.29 bits per heavy atom. The van der Waals surface area contributed by atoms with Crippen LogP contribution < -0.4 is 10.5 Å². The monoisotopic (exact) mass is 272 g/mol. The first-order chi connectivity index (χ1) is 8.09. The Morgan fingerprint density at radius 3 is 2.94 bits per heavy atom. The Kier molecular flexibility index (Phi) is 5.65. The van der Waals surface area contributed by atoms with E-state index in [1.54, 1.807) is 0 Å². The highest BCUT2D eigenvalue weighted by Gasteiger charge is 2.10. The minimum atomic E-state index is -3.16. The predicted octanol–water partition coefficient (Wildman–Crippen LogP) is 0.888. The lowest BCUT2D eigenvalue weighted by molar-refractivity contribution is 0.580. The van der Waals surface area contributed by atoms with Gasteiger partial charge >= 0.3 is 0 Å². The van der Waals surface area contributed by atoms with Gasteiger partial charge in [-0.05, 0) is 17.9 Å². The summed E-state index contributed by atoms with van der Waals surface area (Å²) < 4.78 is 25.5. The molecule has 3 N–H and O–H groups in total. The summed E-state index contributed by atoms with van der Waals surface area (Å²) in [6, 6.07) is 1.87. The molecule has 1 aromatic rings. The van der Waals surface area contributed by atoms with Crippen LogP contribution in [-0.4, -0.2) is 20.7 Å². The number of sulfonamides is 1. The van der Waals surface area contributed by atoms with E-state index in [0.29, 0.717) is 19.5 Å². The van der Waals surface area contributed by atoms with Crippen molar-refractivity contribution in [1.82, 2.24) is 4.72 Å². The Balaban J connectivity index is 2.67. The molecule has 1 rings (SSSR count). The average Bonchev–Trinajstić information content (AvgIpc) is 2.71. The van der Waals surface area contributed by atoms with Crippen molar-refractivity contribution in [2.75, 3.05) is 12.3 Å². The van der Waals surface area contributed by atoms with Crippen molar-refractivity contribution in [2.45, 2.75) is 19.9 Å². The zero-order valence-corrected chi connectivity index (χ0v) is 11.3. The zero-order chi connectivity index (χ0) is 12.7. The third-order valence-corrected chi connectivity index (χ3v) is 4.45. The zero-order valence-electron chi connectivity index (χ0n) is 9.69. The van der Waals surface area contributed by atoms with E-state index >= 15 is 0 Å². The summed E-state index contributed by atoms with van der Waals surface area (Å²) in [4.78, 5) is 0.922. The molecule has 0 unspecified atom stereocenters. The maximum atomic E-state index is 11.5. The summed E-state index contributed by atoms with van der Waals surface area (Å²) >= 11 is 1.49. The average molecular weight is 272 g/mol. The maximum absolute atomic E-state index is 11.5. The number of nitrogens with one attached hydrogen (secondary N) is 1. The van der Waals surface area contributed by atoms with Crippen LogP contribution in [0.2, 0.25) is 0 Å². The molecule has 0 amide bonds. The van der Waals surface area contributed by atoms with Gasteiger partial charge in [0.2, 0.25) is 10.0 Å². The van der Waals surface area contributed by atoms with Crippen LogP contribution >= 0.6 is 11.3 Å². The molecule has 0 aliphatic carbocycles. The second kappa shape index (κ2) is 6.77. The van der Waals surface area contributed by atoms with Gasteiger partial charge in [-0.25, -0.2) is 13.1 Å². The predicted molar refractivity (Wildman–Crippen MR) is 71.2 cm³/mol. The van der Waals surface area contributed by atoms with Crippen molar-refractivity contribution in [3.63, 3.8) is 0 Å². The largest absolute Gasteiger partial charge is 0.320 e. The van der Waals surface area contributed by atoms with Crippen molar-refractivity contribution in [3.8, 4) is 11.8 Å². The van der Waals surface area contributed by atoms with E-state index in [9.17, 15) is 8.42 Å². The van der Waals surface area contributed by atoms with Gasteiger partial charge in [-0.3, -0.25) is 0 Å². The van der Waals surface area contributed by atoms with E-state index in [-0.39, 0.29) is 5.75 Å². The number of hydrogen-bond donors (Lipinski definition) is 2. The molecular formula is C11H16N2O2S2. The molecule has 0 fully saturated rings. The molecule has 0 saturated carbocycles. The van der Waals surface area contributed by atoms with Crippen molar-refractivity contribution >= 4 is 21.4 Å². The smallest absolute Gasteiger partial charge is 0.211 e. The summed E-state index contributed by atoms with van der Waals surface area (Å²) in [6.07, 6.45) is 0.611. The number of rotatable bonds is 5. The molecule has 0 bridgehead atoms. The highest BCUT2D eigenvalue weighted by atomic mass is 32.2. The van der Waals surface area contributed by atoms with Gasteiger partial charge in [-0.15, -0.1) is 11.3 Å². The molecule has 1 aromatic heterocycles. The third kappa shape index (κ3) is 4.88. The summed E-state index contributed by atoms with van der Waals surface area (Å²) in [5.41, 5.74) is 6.14. The lowest BCUT2D eigenvalue weighted by Gasteiger charge is -2.04. The van der Waals surface area contributed by atoms with Gasteiger partial charge in [0.05, 0.1) is 12.3 Å². The third-order valence-electron chi connectivity index (χ3n) is 2.00. The quantitative estimate of drug-likeness (QED) is 0.782. The van der Waals surface area contributed by atoms with Crippen LogP contribution in [0.25, 0.3) is 0 Å². The fraction of sp³-hybridized carbons (Fsp3) is 0.455. The highest BCUT2D eigenvalue weighted by molar-refractivity contribution is 7.89. The van der Waals surface area contributed by atoms with Crippen LogP contribution in [-0.2, 0) is 16.6 Å². The topological polar surface area (TPSA) is 72.2 Å². The SMILES string of the molecule is CCCS(=O)(=O)NCc1sccc1C#CCN. The Morgan fingerprint density at radius 1 is 1.53 bits per heavy atom. The lowest BCUT2D eigenvalue weighted by atomic mass is 10.2. The van der Waals surface area contributed by atoms with Gasteiger partial charge in [0, 0.05) is 17.0 Å². The number of hydrogen-bond acceptors (Lipinski definition) is 4. The number of nitrogens with two attached hydrogens (primary N) is 1. The van der Waals surface area contributed by atoms with Crippen molar-refractivity contribution in [3.05, 3.63) is 21.9 Å². The van der Waals surface area contributed by atoms with Crippen LogP contribution in [0.15, 0.2) is 11.4 Å². The van der Waals surface area contributed by atoms with E-state index < -0.39 is 10.0 Å². The molecule has 94 valence electrons. The van der Waals surface area contributed by atoms with Crippen LogP contribution in [0.5, 0.6) is 0 Å². The van der Waals surface area contributed by atoms with E-state index in [1.807, 2.05) is 18.4 Å². The molecule has 0 radical (unpaired) electrons. The number of thiophene rings is 1. The summed E-state index contributed by atoms with van der Waals surface area (Å²) in [7, 11) is -3.16. The summed E-state index contributed by atoms with van der Waals surface area (Å²) in [5.74, 6) is 5.84. The first kappa shape index (κ1) is 14.2. The van der Waals surface area contributed by atoms with E-state index in [0.717, 1.165) is 10.4 Å². The van der Waals surface area contributed by atoms with Crippen molar-refractivity contribution < 1.29 is 8.42 Å². The van der Waals surface area contributed by atoms with Gasteiger partial charge in [0.15, 0.2) is 0 Å². The van der Waals surface area contributed by atoms with Gasteiger partial charge in [-0.1, -0.05) is 18.8 Å². The first-order valence-corrected chi connectivity index (χ1v) is 7.85. The van der Waals surface area contributed by atoms with Gasteiger partial charge in [0.1, 0.15) is 0 Å². The lowest BCUT2D eigenvalue weighted by Crippen LogP contribution is -2.25. The molecule has 0 atom stereocenters. The molecule has 0 aliphatic rings. The second-order valence-electron chi connectivity index (χ2n) is 3.40. The molecule has 0 spiro atoms. The summed E-state index contributed by atoms with van der Waals surface area (Å²) in [6.45, 7) is 2.44. The maximum Gasteiger partial charge on any atom is 0.211 e. The highest BCUT2D eigenvalue weighted by Crippen LogP contribution is 2.15. The molecule has 6 heteroatoms. The standard InChI is InChI=1S/C11H16N2O2S2/c1-2-8-17(14,15)13-9-11-10(4-3-6-12)5-7-16-11/h5,7,13H,2,6,8-9,12H2,1H3. The molecule has 4 nitrogen and oxygen atoms in total. The first-order valence-electron chi connectivity index (χ1n) is 5.31. The summed E-state index contributed by atoms with van der Waals surface area (Å²) in [5, 5.41) is 1.89. The molecule has 0 aromatic carbocycles. The molecule has 0 aliphatic heterocycles. The van der Waals surface area contributed by atoms with Crippen molar-refractivity contribution in [1.29, 1.82) is 0 Å². The van der Waals surface area contributed by atoms with Gasteiger partial charge in [-0.2, -0.15) is 0 Å². The van der Waals surface area contributed by atoms with Crippen LogP contribution in [0.1, 0.15) is 23.8 Å². The molecular weight excluding hydrogens is 256 g/mol. The van der Waals surface area contributed by atoms with E-state index in [4.69, 9.17) is 5.73 Å². The Hall–Kier alpha value is -0.870. The van der Waals surface area contributed by atoms with Crippen LogP contribution in [0.4, 0.5) is 0 Å².